The van der Waals surface area contributed by atoms with Crippen molar-refractivity contribution >= 4 is 5.91 Å². The van der Waals surface area contributed by atoms with Crippen molar-refractivity contribution in [1.82, 2.24) is 10.2 Å². The number of hydrogen-bond acceptors (Lipinski definition) is 3. The molecule has 2 fully saturated rings. The molecule has 1 unspecified atom stereocenters. The average Bonchev–Trinajstić information content (AvgIpc) is 2.32. The molecule has 2 rings (SSSR count). The Labute approximate surface area is 97.3 Å². The summed E-state index contributed by atoms with van der Waals surface area (Å²) in [5.74, 6) is 0.151. The molecule has 4 heteroatoms. The van der Waals surface area contributed by atoms with Crippen LogP contribution in [0.4, 0.5) is 0 Å². The molecule has 1 amide bonds. The number of carbonyl (C=O) groups excluding carboxylic acids is 1. The second kappa shape index (κ2) is 4.72. The van der Waals surface area contributed by atoms with Crippen molar-refractivity contribution in [3.63, 3.8) is 0 Å². The fraction of sp³-hybridized carbons (Fsp3) is 0.917. The second-order valence-electron chi connectivity index (χ2n) is 4.87. The van der Waals surface area contributed by atoms with Crippen LogP contribution in [0, 0.1) is 0 Å². The fourth-order valence-electron chi connectivity index (χ4n) is 2.88. The molecule has 1 atom stereocenters. The van der Waals surface area contributed by atoms with Gasteiger partial charge in [0.05, 0.1) is 11.6 Å². The minimum Gasteiger partial charge on any atom is -0.363 e. The maximum Gasteiger partial charge on any atom is 0.248 e. The van der Waals surface area contributed by atoms with Gasteiger partial charge >= 0.3 is 0 Å². The number of carbonyl (C=O) groups is 1. The Morgan fingerprint density at radius 3 is 2.81 bits per heavy atom. The summed E-state index contributed by atoms with van der Waals surface area (Å²) in [6.07, 6.45) is 3.05. The van der Waals surface area contributed by atoms with Crippen molar-refractivity contribution in [2.75, 3.05) is 26.2 Å². The van der Waals surface area contributed by atoms with E-state index in [2.05, 4.69) is 19.2 Å². The Morgan fingerprint density at radius 1 is 1.50 bits per heavy atom. The van der Waals surface area contributed by atoms with Gasteiger partial charge in [-0.2, -0.15) is 0 Å². The summed E-state index contributed by atoms with van der Waals surface area (Å²) in [6, 6.07) is 0.218. The molecular formula is C12H22N2O2. The second-order valence-corrected chi connectivity index (χ2v) is 4.87. The number of amides is 1. The molecule has 0 aromatic heterocycles. The van der Waals surface area contributed by atoms with Crippen molar-refractivity contribution in [3.05, 3.63) is 0 Å². The predicted molar refractivity (Wildman–Crippen MR) is 62.3 cm³/mol. The van der Waals surface area contributed by atoms with Gasteiger partial charge in [-0.25, -0.2) is 0 Å². The van der Waals surface area contributed by atoms with Crippen molar-refractivity contribution in [3.8, 4) is 0 Å². The van der Waals surface area contributed by atoms with Crippen molar-refractivity contribution in [2.45, 2.75) is 44.8 Å². The molecule has 0 bridgehead atoms. The van der Waals surface area contributed by atoms with Crippen LogP contribution in [0.5, 0.6) is 0 Å². The standard InChI is InChI=1S/C12H22N2O2/c1-3-8-14-10(2)12(16-9-11(14)15)4-6-13-7-5-12/h10,13H,3-9H2,1-2H3. The normalized spacial score (nSPS) is 29.8. The molecular weight excluding hydrogens is 204 g/mol. The van der Waals surface area contributed by atoms with E-state index in [1.54, 1.807) is 0 Å². The van der Waals surface area contributed by atoms with Crippen LogP contribution in [0.25, 0.3) is 0 Å². The molecule has 92 valence electrons. The summed E-state index contributed by atoms with van der Waals surface area (Å²) in [5.41, 5.74) is -0.0890. The van der Waals surface area contributed by atoms with E-state index in [0.717, 1.165) is 38.9 Å². The van der Waals surface area contributed by atoms with E-state index in [0.29, 0.717) is 0 Å². The van der Waals surface area contributed by atoms with Crippen LogP contribution in [0.2, 0.25) is 0 Å². The average molecular weight is 226 g/mol. The number of nitrogens with one attached hydrogen (secondary N) is 1. The van der Waals surface area contributed by atoms with E-state index in [4.69, 9.17) is 4.74 Å². The fourth-order valence-corrected chi connectivity index (χ4v) is 2.88. The number of ether oxygens (including phenoxy) is 1. The van der Waals surface area contributed by atoms with Crippen LogP contribution in [0.15, 0.2) is 0 Å². The zero-order chi connectivity index (χ0) is 11.6. The maximum atomic E-state index is 11.8. The third-order valence-electron chi connectivity index (χ3n) is 3.95. The first-order valence-corrected chi connectivity index (χ1v) is 6.34. The highest BCUT2D eigenvalue weighted by molar-refractivity contribution is 5.78. The van der Waals surface area contributed by atoms with Crippen LogP contribution in [-0.4, -0.2) is 48.7 Å². The highest BCUT2D eigenvalue weighted by atomic mass is 16.5. The molecule has 2 aliphatic rings. The number of nitrogens with zero attached hydrogens (tertiary/aromatic N) is 1. The van der Waals surface area contributed by atoms with E-state index >= 15 is 0 Å². The topological polar surface area (TPSA) is 41.6 Å². The lowest BCUT2D eigenvalue weighted by Crippen LogP contribution is -2.63. The van der Waals surface area contributed by atoms with E-state index in [1.807, 2.05) is 4.90 Å². The first-order chi connectivity index (χ1) is 7.69. The van der Waals surface area contributed by atoms with Gasteiger partial charge in [0.1, 0.15) is 6.61 Å². The summed E-state index contributed by atoms with van der Waals surface area (Å²) in [4.78, 5) is 13.8. The van der Waals surface area contributed by atoms with Crippen LogP contribution in [-0.2, 0) is 9.53 Å². The minimum atomic E-state index is -0.0890. The summed E-state index contributed by atoms with van der Waals surface area (Å²) in [6.45, 7) is 7.38. The smallest absolute Gasteiger partial charge is 0.248 e. The van der Waals surface area contributed by atoms with E-state index in [-0.39, 0.29) is 24.2 Å². The minimum absolute atomic E-state index is 0.0890. The Hall–Kier alpha value is -0.610. The molecule has 1 N–H and O–H groups in total. The predicted octanol–water partition coefficient (Wildman–Crippen LogP) is 0.766. The molecule has 2 saturated heterocycles. The van der Waals surface area contributed by atoms with Gasteiger partial charge in [0.15, 0.2) is 0 Å². The van der Waals surface area contributed by atoms with Gasteiger partial charge in [-0.1, -0.05) is 6.92 Å². The SMILES string of the molecule is CCCN1C(=O)COC2(CCNCC2)C1C. The van der Waals surface area contributed by atoms with Gasteiger partial charge < -0.3 is 15.0 Å². The molecule has 4 nitrogen and oxygen atoms in total. The van der Waals surface area contributed by atoms with Gasteiger partial charge in [0, 0.05) is 6.54 Å². The summed E-state index contributed by atoms with van der Waals surface area (Å²) in [5, 5.41) is 3.35. The zero-order valence-corrected chi connectivity index (χ0v) is 10.3. The Morgan fingerprint density at radius 2 is 2.19 bits per heavy atom. The highest BCUT2D eigenvalue weighted by Crippen LogP contribution is 2.33. The molecule has 0 radical (unpaired) electrons. The monoisotopic (exact) mass is 226 g/mol. The number of rotatable bonds is 2. The van der Waals surface area contributed by atoms with Crippen LogP contribution in [0.1, 0.15) is 33.1 Å². The summed E-state index contributed by atoms with van der Waals surface area (Å²) in [7, 11) is 0. The Balaban J connectivity index is 2.12. The molecule has 0 saturated carbocycles. The summed E-state index contributed by atoms with van der Waals surface area (Å²) < 4.78 is 5.88. The van der Waals surface area contributed by atoms with E-state index < -0.39 is 0 Å². The van der Waals surface area contributed by atoms with E-state index in [1.165, 1.54) is 0 Å². The third kappa shape index (κ3) is 1.96. The summed E-state index contributed by atoms with van der Waals surface area (Å²) >= 11 is 0. The molecule has 0 aromatic rings. The van der Waals surface area contributed by atoms with Crippen molar-refractivity contribution < 1.29 is 9.53 Å². The lowest BCUT2D eigenvalue weighted by molar-refractivity contribution is -0.182. The number of piperidine rings is 1. The molecule has 16 heavy (non-hydrogen) atoms. The lowest BCUT2D eigenvalue weighted by Gasteiger charge is -2.50. The number of hydrogen-bond donors (Lipinski definition) is 1. The van der Waals surface area contributed by atoms with E-state index in [9.17, 15) is 4.79 Å². The Kier molecular flexibility index (Phi) is 3.50. The van der Waals surface area contributed by atoms with Crippen LogP contribution < -0.4 is 5.32 Å². The first-order valence-electron chi connectivity index (χ1n) is 6.34. The quantitative estimate of drug-likeness (QED) is 0.756. The van der Waals surface area contributed by atoms with Gasteiger partial charge in [-0.05, 0) is 39.3 Å². The lowest BCUT2D eigenvalue weighted by atomic mass is 9.83. The Bertz CT molecular complexity index is 262. The maximum absolute atomic E-state index is 11.8. The van der Waals surface area contributed by atoms with Gasteiger partial charge in [0.2, 0.25) is 5.91 Å². The molecule has 0 aromatic carbocycles. The molecule has 0 aliphatic carbocycles. The first kappa shape index (κ1) is 11.9. The largest absolute Gasteiger partial charge is 0.363 e. The van der Waals surface area contributed by atoms with Crippen LogP contribution in [0.3, 0.4) is 0 Å². The van der Waals surface area contributed by atoms with Gasteiger partial charge in [-0.3, -0.25) is 4.79 Å². The zero-order valence-electron chi connectivity index (χ0n) is 10.3. The molecule has 1 spiro atoms. The van der Waals surface area contributed by atoms with Gasteiger partial charge in [0.25, 0.3) is 0 Å². The number of morpholine rings is 1. The highest BCUT2D eigenvalue weighted by Gasteiger charge is 2.46. The van der Waals surface area contributed by atoms with Crippen molar-refractivity contribution in [2.24, 2.45) is 0 Å². The molecule has 2 heterocycles. The van der Waals surface area contributed by atoms with Gasteiger partial charge in [-0.15, -0.1) is 0 Å². The van der Waals surface area contributed by atoms with Crippen molar-refractivity contribution in [1.29, 1.82) is 0 Å². The third-order valence-corrected chi connectivity index (χ3v) is 3.95. The molecule has 2 aliphatic heterocycles. The van der Waals surface area contributed by atoms with Crippen LogP contribution >= 0.6 is 0 Å².